The van der Waals surface area contributed by atoms with Gasteiger partial charge in [0.25, 0.3) is 5.91 Å². The van der Waals surface area contributed by atoms with Crippen molar-refractivity contribution in [2.45, 2.75) is 33.3 Å². The average molecular weight is 380 g/mol. The van der Waals surface area contributed by atoms with E-state index < -0.39 is 23.9 Å². The van der Waals surface area contributed by atoms with Crippen LogP contribution < -0.4 is 10.2 Å². The SMILES string of the molecule is Cc1cccc(N2C[C@H](C(=O)O[C@@H](C)C(=O)Nc3ccccc3)CC2=O)c1C. The molecule has 6 nitrogen and oxygen atoms in total. The highest BCUT2D eigenvalue weighted by atomic mass is 16.5. The molecule has 1 aliphatic heterocycles. The molecule has 0 unspecified atom stereocenters. The number of aryl methyl sites for hydroxylation is 1. The molecule has 2 aromatic carbocycles. The lowest BCUT2D eigenvalue weighted by molar-refractivity contribution is -0.157. The van der Waals surface area contributed by atoms with Gasteiger partial charge in [-0.3, -0.25) is 14.4 Å². The Bertz CT molecular complexity index is 895. The zero-order valence-corrected chi connectivity index (χ0v) is 16.3. The Morgan fingerprint density at radius 3 is 2.54 bits per heavy atom. The summed E-state index contributed by atoms with van der Waals surface area (Å²) in [4.78, 5) is 38.8. The molecule has 0 aromatic heterocycles. The largest absolute Gasteiger partial charge is 0.452 e. The van der Waals surface area contributed by atoms with Crippen molar-refractivity contribution in [3.63, 3.8) is 0 Å². The maximum absolute atomic E-state index is 12.5. The quantitative estimate of drug-likeness (QED) is 0.808. The standard InChI is InChI=1S/C22H24N2O4/c1-14-8-7-11-19(15(14)2)24-13-17(12-20(24)25)22(27)28-16(3)21(26)23-18-9-5-4-6-10-18/h4-11,16-17H,12-13H2,1-3H3,(H,23,26)/t16-,17+/m0/s1. The number of nitrogens with zero attached hydrogens (tertiary/aromatic N) is 1. The summed E-state index contributed by atoms with van der Waals surface area (Å²) in [7, 11) is 0. The van der Waals surface area contributed by atoms with Crippen molar-refractivity contribution in [3.05, 3.63) is 59.7 Å². The number of amides is 2. The Morgan fingerprint density at radius 2 is 1.82 bits per heavy atom. The van der Waals surface area contributed by atoms with Crippen molar-refractivity contribution in [2.75, 3.05) is 16.8 Å². The second-order valence-electron chi connectivity index (χ2n) is 7.06. The Balaban J connectivity index is 1.61. The Hall–Kier alpha value is -3.15. The van der Waals surface area contributed by atoms with Gasteiger partial charge in [-0.05, 0) is 50.1 Å². The predicted molar refractivity (Wildman–Crippen MR) is 107 cm³/mol. The fourth-order valence-electron chi connectivity index (χ4n) is 3.22. The number of hydrogen-bond donors (Lipinski definition) is 1. The minimum absolute atomic E-state index is 0.0826. The summed E-state index contributed by atoms with van der Waals surface area (Å²) in [6.07, 6.45) is -0.864. The van der Waals surface area contributed by atoms with Crippen molar-refractivity contribution in [2.24, 2.45) is 5.92 Å². The number of rotatable bonds is 5. The summed E-state index contributed by atoms with van der Waals surface area (Å²) in [6, 6.07) is 14.7. The normalized spacial score (nSPS) is 17.3. The van der Waals surface area contributed by atoms with E-state index in [1.165, 1.54) is 6.92 Å². The van der Waals surface area contributed by atoms with E-state index in [1.54, 1.807) is 29.2 Å². The first-order valence-electron chi connectivity index (χ1n) is 9.30. The highest BCUT2D eigenvalue weighted by Crippen LogP contribution is 2.30. The lowest BCUT2D eigenvalue weighted by atomic mass is 10.1. The predicted octanol–water partition coefficient (Wildman–Crippen LogP) is 3.23. The van der Waals surface area contributed by atoms with Gasteiger partial charge < -0.3 is 15.0 Å². The Labute approximate surface area is 164 Å². The van der Waals surface area contributed by atoms with E-state index in [-0.39, 0.29) is 18.9 Å². The third-order valence-corrected chi connectivity index (χ3v) is 5.03. The molecule has 6 heteroatoms. The number of anilines is 2. The lowest BCUT2D eigenvalue weighted by Crippen LogP contribution is -2.33. The van der Waals surface area contributed by atoms with Gasteiger partial charge in [0.1, 0.15) is 0 Å². The highest BCUT2D eigenvalue weighted by Gasteiger charge is 2.37. The molecule has 0 spiro atoms. The van der Waals surface area contributed by atoms with Crippen molar-refractivity contribution < 1.29 is 19.1 Å². The van der Waals surface area contributed by atoms with Crippen molar-refractivity contribution in [1.29, 1.82) is 0 Å². The van der Waals surface area contributed by atoms with Crippen LogP contribution in [0.2, 0.25) is 0 Å². The molecule has 3 rings (SSSR count). The highest BCUT2D eigenvalue weighted by molar-refractivity contribution is 6.01. The molecule has 0 saturated carbocycles. The van der Waals surface area contributed by atoms with Crippen LogP contribution >= 0.6 is 0 Å². The number of nitrogens with one attached hydrogen (secondary N) is 1. The van der Waals surface area contributed by atoms with Crippen LogP contribution in [0.25, 0.3) is 0 Å². The first kappa shape index (κ1) is 19.6. The van der Waals surface area contributed by atoms with Gasteiger partial charge >= 0.3 is 5.97 Å². The van der Waals surface area contributed by atoms with E-state index in [2.05, 4.69) is 5.32 Å². The minimum atomic E-state index is -0.947. The molecule has 1 N–H and O–H groups in total. The third kappa shape index (κ3) is 4.22. The van der Waals surface area contributed by atoms with E-state index in [4.69, 9.17) is 4.74 Å². The van der Waals surface area contributed by atoms with E-state index in [9.17, 15) is 14.4 Å². The molecule has 146 valence electrons. The molecule has 1 heterocycles. The lowest BCUT2D eigenvalue weighted by Gasteiger charge is -2.20. The summed E-state index contributed by atoms with van der Waals surface area (Å²) in [5.41, 5.74) is 3.55. The molecule has 28 heavy (non-hydrogen) atoms. The minimum Gasteiger partial charge on any atom is -0.452 e. The summed E-state index contributed by atoms with van der Waals surface area (Å²) >= 11 is 0. The number of para-hydroxylation sites is 1. The molecule has 0 aliphatic carbocycles. The van der Waals surface area contributed by atoms with Crippen LogP contribution in [0.5, 0.6) is 0 Å². The molecular weight excluding hydrogens is 356 g/mol. The number of carbonyl (C=O) groups is 3. The van der Waals surface area contributed by atoms with Gasteiger partial charge in [0.05, 0.1) is 5.92 Å². The molecule has 0 bridgehead atoms. The van der Waals surface area contributed by atoms with E-state index in [0.717, 1.165) is 16.8 Å². The van der Waals surface area contributed by atoms with E-state index in [0.29, 0.717) is 5.69 Å². The first-order chi connectivity index (χ1) is 13.4. The maximum Gasteiger partial charge on any atom is 0.312 e. The molecule has 2 amide bonds. The Kier molecular flexibility index (Phi) is 5.78. The summed E-state index contributed by atoms with van der Waals surface area (Å²) < 4.78 is 5.32. The zero-order valence-electron chi connectivity index (χ0n) is 16.3. The van der Waals surface area contributed by atoms with Crippen LogP contribution in [0, 0.1) is 19.8 Å². The van der Waals surface area contributed by atoms with Gasteiger partial charge in [-0.2, -0.15) is 0 Å². The third-order valence-electron chi connectivity index (χ3n) is 5.03. The van der Waals surface area contributed by atoms with Crippen LogP contribution in [-0.4, -0.2) is 30.4 Å². The number of esters is 1. The van der Waals surface area contributed by atoms with Gasteiger partial charge in [-0.25, -0.2) is 0 Å². The van der Waals surface area contributed by atoms with Crippen LogP contribution in [0.3, 0.4) is 0 Å². The van der Waals surface area contributed by atoms with Crippen LogP contribution in [0.4, 0.5) is 11.4 Å². The maximum atomic E-state index is 12.5. The van der Waals surface area contributed by atoms with Gasteiger partial charge in [0.2, 0.25) is 5.91 Å². The van der Waals surface area contributed by atoms with Crippen LogP contribution in [0.1, 0.15) is 24.5 Å². The van der Waals surface area contributed by atoms with E-state index >= 15 is 0 Å². The number of hydrogen-bond acceptors (Lipinski definition) is 4. The average Bonchev–Trinajstić information content (AvgIpc) is 3.06. The summed E-state index contributed by atoms with van der Waals surface area (Å²) in [5.74, 6) is -1.64. The molecule has 1 saturated heterocycles. The fourth-order valence-corrected chi connectivity index (χ4v) is 3.22. The van der Waals surface area contributed by atoms with Gasteiger partial charge in [-0.1, -0.05) is 30.3 Å². The van der Waals surface area contributed by atoms with E-state index in [1.807, 2.05) is 38.1 Å². The molecule has 1 fully saturated rings. The second-order valence-corrected chi connectivity index (χ2v) is 7.06. The molecular formula is C22H24N2O4. The number of carbonyl (C=O) groups excluding carboxylic acids is 3. The summed E-state index contributed by atoms with van der Waals surface area (Å²) in [6.45, 7) is 5.72. The fraction of sp³-hybridized carbons (Fsp3) is 0.318. The van der Waals surface area contributed by atoms with Crippen LogP contribution in [-0.2, 0) is 19.1 Å². The first-order valence-corrected chi connectivity index (χ1v) is 9.30. The monoisotopic (exact) mass is 380 g/mol. The van der Waals surface area contributed by atoms with Gasteiger partial charge in [0, 0.05) is 24.3 Å². The molecule has 1 aliphatic rings. The second kappa shape index (κ2) is 8.25. The molecule has 2 aromatic rings. The molecule has 0 radical (unpaired) electrons. The zero-order chi connectivity index (χ0) is 20.3. The smallest absolute Gasteiger partial charge is 0.312 e. The van der Waals surface area contributed by atoms with Gasteiger partial charge in [0.15, 0.2) is 6.10 Å². The molecule has 2 atom stereocenters. The van der Waals surface area contributed by atoms with Crippen molar-refractivity contribution >= 4 is 29.2 Å². The Morgan fingerprint density at radius 1 is 1.11 bits per heavy atom. The number of ether oxygens (including phenoxy) is 1. The number of benzene rings is 2. The topological polar surface area (TPSA) is 75.7 Å². The van der Waals surface area contributed by atoms with Crippen molar-refractivity contribution in [1.82, 2.24) is 0 Å². The van der Waals surface area contributed by atoms with Crippen LogP contribution in [0.15, 0.2) is 48.5 Å². The summed E-state index contributed by atoms with van der Waals surface area (Å²) in [5, 5.41) is 2.70. The van der Waals surface area contributed by atoms with Gasteiger partial charge in [-0.15, -0.1) is 0 Å². The van der Waals surface area contributed by atoms with Crippen molar-refractivity contribution in [3.8, 4) is 0 Å².